The van der Waals surface area contributed by atoms with E-state index in [2.05, 4.69) is 45.2 Å². The summed E-state index contributed by atoms with van der Waals surface area (Å²) in [6, 6.07) is 9.76. The van der Waals surface area contributed by atoms with Crippen LogP contribution in [0.25, 0.3) is 0 Å². The Kier molecular flexibility index (Phi) is 6.94. The molecule has 0 spiro atoms. The molecule has 6 heteroatoms. The molecule has 0 atom stereocenters. The van der Waals surface area contributed by atoms with Crippen molar-refractivity contribution in [3.8, 4) is 0 Å². The summed E-state index contributed by atoms with van der Waals surface area (Å²) in [4.78, 5) is 0. The molecule has 0 saturated carbocycles. The summed E-state index contributed by atoms with van der Waals surface area (Å²) >= 11 is 4.49. The molecule has 0 N–H and O–H groups in total. The molecule has 0 amide bonds. The lowest BCUT2D eigenvalue weighted by molar-refractivity contribution is -0.252. The zero-order valence-corrected chi connectivity index (χ0v) is 15.7. The molecule has 19 heavy (non-hydrogen) atoms. The van der Waals surface area contributed by atoms with Crippen molar-refractivity contribution in [3.63, 3.8) is 0 Å². The minimum Gasteiger partial charge on any atom is -0.353 e. The summed E-state index contributed by atoms with van der Waals surface area (Å²) in [5.74, 6) is -0.980. The Bertz CT molecular complexity index is 375. The molecule has 0 aliphatic carbocycles. The van der Waals surface area contributed by atoms with Gasteiger partial charge in [0.1, 0.15) is 0 Å². The maximum absolute atomic E-state index is 5.73. The molecule has 1 aromatic rings. The molecule has 1 rings (SSSR count). The van der Waals surface area contributed by atoms with Gasteiger partial charge in [-0.2, -0.15) is 0 Å². The molecule has 1 aromatic carbocycles. The lowest BCUT2D eigenvalue weighted by Gasteiger charge is -2.44. The number of hydrogen-bond acceptors (Lipinski definition) is 4. The van der Waals surface area contributed by atoms with Crippen LogP contribution in [0.2, 0.25) is 0 Å². The van der Waals surface area contributed by atoms with Crippen LogP contribution >= 0.6 is 45.2 Å². The first kappa shape index (κ1) is 17.6. The van der Waals surface area contributed by atoms with E-state index < -0.39 is 13.5 Å². The van der Waals surface area contributed by atoms with Crippen molar-refractivity contribution in [1.29, 1.82) is 0 Å². The molecular weight excluding hydrogens is 474 g/mol. The summed E-state index contributed by atoms with van der Waals surface area (Å²) in [6.45, 7) is 0. The molecule has 0 aromatic heterocycles. The Hall–Kier alpha value is 0.520. The summed E-state index contributed by atoms with van der Waals surface area (Å²) in [5.41, 5.74) is 0.905. The molecule has 0 unspecified atom stereocenters. The lowest BCUT2D eigenvalue weighted by Crippen LogP contribution is -2.54. The summed E-state index contributed by atoms with van der Waals surface area (Å²) in [5, 5.41) is 0. The van der Waals surface area contributed by atoms with Crippen LogP contribution in [0.15, 0.2) is 30.3 Å². The average Bonchev–Trinajstić information content (AvgIpc) is 2.42. The number of alkyl halides is 2. The largest absolute Gasteiger partial charge is 0.353 e. The van der Waals surface area contributed by atoms with Gasteiger partial charge >= 0.3 is 0 Å². The van der Waals surface area contributed by atoms with Crippen LogP contribution in [-0.4, -0.2) is 36.2 Å². The molecule has 0 radical (unpaired) electrons. The first-order valence-corrected chi connectivity index (χ1v) is 7.75. The Labute approximate surface area is 141 Å². The smallest absolute Gasteiger partial charge is 0.224 e. The third-order valence-corrected chi connectivity index (χ3v) is 5.33. The zero-order valence-electron chi connectivity index (χ0n) is 11.4. The molecule has 0 heterocycles. The fraction of sp³-hybridized carbons (Fsp3) is 0.538. The van der Waals surface area contributed by atoms with Gasteiger partial charge in [0.15, 0.2) is 7.72 Å². The second kappa shape index (κ2) is 7.51. The highest BCUT2D eigenvalue weighted by molar-refractivity contribution is 14.2. The lowest BCUT2D eigenvalue weighted by atomic mass is 10.0. The number of hydrogen-bond donors (Lipinski definition) is 0. The predicted molar refractivity (Wildman–Crippen MR) is 90.7 cm³/mol. The normalized spacial score (nSPS) is 13.0. The minimum absolute atomic E-state index is 0.492. The fourth-order valence-electron chi connectivity index (χ4n) is 1.99. The highest BCUT2D eigenvalue weighted by Crippen LogP contribution is 2.51. The molecule has 0 saturated heterocycles. The summed E-state index contributed by atoms with van der Waals surface area (Å²) < 4.78 is 21.6. The van der Waals surface area contributed by atoms with Gasteiger partial charge < -0.3 is 18.9 Å². The van der Waals surface area contributed by atoms with Gasteiger partial charge in [0.25, 0.3) is 0 Å². The molecule has 4 nitrogen and oxygen atoms in total. The number of ether oxygens (including phenoxy) is 4. The molecule has 0 bridgehead atoms. The van der Waals surface area contributed by atoms with Crippen LogP contribution in [0.1, 0.15) is 5.56 Å². The van der Waals surface area contributed by atoms with E-state index in [0.717, 1.165) is 5.56 Å². The number of rotatable bonds is 7. The predicted octanol–water partition coefficient (Wildman–Crippen LogP) is 3.32. The zero-order chi connectivity index (χ0) is 14.5. The highest BCUT2D eigenvalue weighted by Gasteiger charge is 2.56. The standard InChI is InChI=1S/C13H18I2O4/c1-16-11(17-2)12(14,15)13(18-3,19-4)10-8-6-5-7-9-10/h5-9,11H,1-4H3. The monoisotopic (exact) mass is 492 g/mol. The SMILES string of the molecule is COC(OC)C(I)(I)C(OC)(OC)c1ccccc1. The Morgan fingerprint density at radius 1 is 0.895 bits per heavy atom. The third-order valence-electron chi connectivity index (χ3n) is 2.89. The second-order valence-corrected chi connectivity index (χ2v) is 9.28. The van der Waals surface area contributed by atoms with Gasteiger partial charge in [0.05, 0.1) is 0 Å². The Morgan fingerprint density at radius 3 is 1.74 bits per heavy atom. The first-order valence-electron chi connectivity index (χ1n) is 5.59. The van der Waals surface area contributed by atoms with Gasteiger partial charge in [0.2, 0.25) is 5.79 Å². The average molecular weight is 492 g/mol. The third kappa shape index (κ3) is 3.24. The van der Waals surface area contributed by atoms with Crippen LogP contribution in [0.5, 0.6) is 0 Å². The number of benzene rings is 1. The Balaban J connectivity index is 3.33. The summed E-state index contributed by atoms with van der Waals surface area (Å²) in [6.07, 6.45) is -0.492. The topological polar surface area (TPSA) is 36.9 Å². The van der Waals surface area contributed by atoms with E-state index >= 15 is 0 Å². The molecule has 108 valence electrons. The molecule has 0 aliphatic rings. The first-order chi connectivity index (χ1) is 9.00. The number of halogens is 2. The van der Waals surface area contributed by atoms with E-state index in [1.54, 1.807) is 28.4 Å². The number of methoxy groups -OCH3 is 4. The maximum Gasteiger partial charge on any atom is 0.224 e. The van der Waals surface area contributed by atoms with E-state index in [9.17, 15) is 0 Å². The van der Waals surface area contributed by atoms with Crippen molar-refractivity contribution in [3.05, 3.63) is 35.9 Å². The second-order valence-electron chi connectivity index (χ2n) is 3.82. The van der Waals surface area contributed by atoms with E-state index in [-0.39, 0.29) is 0 Å². The fourth-order valence-corrected chi connectivity index (χ4v) is 4.51. The van der Waals surface area contributed by atoms with Gasteiger partial charge in [-0.05, 0) is 0 Å². The highest BCUT2D eigenvalue weighted by atomic mass is 127. The van der Waals surface area contributed by atoms with Crippen LogP contribution in [0, 0.1) is 0 Å². The molecule has 0 fully saturated rings. The van der Waals surface area contributed by atoms with Gasteiger partial charge in [-0.25, -0.2) is 0 Å². The van der Waals surface area contributed by atoms with E-state index in [4.69, 9.17) is 18.9 Å². The van der Waals surface area contributed by atoms with E-state index in [0.29, 0.717) is 0 Å². The van der Waals surface area contributed by atoms with Crippen molar-refractivity contribution in [2.24, 2.45) is 0 Å². The summed E-state index contributed by atoms with van der Waals surface area (Å²) in [7, 11) is 6.43. The van der Waals surface area contributed by atoms with Gasteiger partial charge in [0, 0.05) is 34.0 Å². The Morgan fingerprint density at radius 2 is 1.37 bits per heavy atom. The van der Waals surface area contributed by atoms with Crippen molar-refractivity contribution < 1.29 is 18.9 Å². The van der Waals surface area contributed by atoms with Crippen LogP contribution in [-0.2, 0) is 24.7 Å². The van der Waals surface area contributed by atoms with Gasteiger partial charge in [-0.1, -0.05) is 75.5 Å². The van der Waals surface area contributed by atoms with Crippen LogP contribution < -0.4 is 0 Å². The van der Waals surface area contributed by atoms with Gasteiger partial charge in [-0.15, -0.1) is 0 Å². The molecule has 0 aliphatic heterocycles. The van der Waals surface area contributed by atoms with Crippen molar-refractivity contribution in [1.82, 2.24) is 0 Å². The quantitative estimate of drug-likeness (QED) is 0.333. The molecular formula is C13H18I2O4. The van der Waals surface area contributed by atoms with Gasteiger partial charge in [-0.3, -0.25) is 0 Å². The van der Waals surface area contributed by atoms with Crippen molar-refractivity contribution in [2.75, 3.05) is 28.4 Å². The van der Waals surface area contributed by atoms with Crippen LogP contribution in [0.3, 0.4) is 0 Å². The minimum atomic E-state index is -0.980. The van der Waals surface area contributed by atoms with Crippen LogP contribution in [0.4, 0.5) is 0 Å². The van der Waals surface area contributed by atoms with E-state index in [1.807, 2.05) is 30.3 Å². The van der Waals surface area contributed by atoms with Crippen molar-refractivity contribution >= 4 is 45.2 Å². The van der Waals surface area contributed by atoms with E-state index in [1.165, 1.54) is 0 Å². The van der Waals surface area contributed by atoms with Crippen molar-refractivity contribution in [2.45, 2.75) is 13.5 Å². The maximum atomic E-state index is 5.73.